The topological polar surface area (TPSA) is 67.4 Å². The van der Waals surface area contributed by atoms with E-state index in [1.165, 1.54) is 6.42 Å². The molecule has 1 aliphatic carbocycles. The lowest BCUT2D eigenvalue weighted by Crippen LogP contribution is -2.25. The Morgan fingerprint density at radius 1 is 0.969 bits per heavy atom. The molecule has 0 unspecified atom stereocenters. The van der Waals surface area contributed by atoms with Crippen molar-refractivity contribution in [3.8, 4) is 0 Å². The Morgan fingerprint density at radius 2 is 1.66 bits per heavy atom. The van der Waals surface area contributed by atoms with Crippen molar-refractivity contribution in [3.63, 3.8) is 0 Å². The van der Waals surface area contributed by atoms with Crippen LogP contribution in [0, 0.1) is 5.92 Å². The molecular weight excluding hydrogens is 421 g/mol. The molecule has 1 aliphatic rings. The van der Waals surface area contributed by atoms with Crippen LogP contribution in [0.25, 0.3) is 0 Å². The number of halogens is 3. The molecule has 3 rings (SSSR count). The summed E-state index contributed by atoms with van der Waals surface area (Å²) in [5.74, 6) is -0.249. The van der Waals surface area contributed by atoms with Crippen LogP contribution in [0.4, 0.5) is 18.9 Å². The fourth-order valence-corrected chi connectivity index (χ4v) is 3.67. The molecule has 1 fully saturated rings. The molecule has 0 aliphatic heterocycles. The van der Waals surface area contributed by atoms with Gasteiger partial charge < -0.3 is 15.4 Å². The summed E-state index contributed by atoms with van der Waals surface area (Å²) in [7, 11) is 0. The van der Waals surface area contributed by atoms with Crippen molar-refractivity contribution in [2.75, 3.05) is 11.9 Å². The molecule has 1 saturated carbocycles. The van der Waals surface area contributed by atoms with E-state index in [9.17, 15) is 22.8 Å². The highest BCUT2D eigenvalue weighted by molar-refractivity contribution is 5.97. The maximum absolute atomic E-state index is 12.5. The van der Waals surface area contributed by atoms with E-state index in [4.69, 9.17) is 0 Å². The number of hydrogen-bond acceptors (Lipinski definition) is 3. The van der Waals surface area contributed by atoms with Crippen LogP contribution in [-0.2, 0) is 22.7 Å². The first-order chi connectivity index (χ1) is 15.3. The van der Waals surface area contributed by atoms with Gasteiger partial charge in [-0.05, 0) is 42.2 Å². The third-order valence-corrected chi connectivity index (χ3v) is 5.38. The summed E-state index contributed by atoms with van der Waals surface area (Å²) in [6, 6.07) is 13.6. The predicted molar refractivity (Wildman–Crippen MR) is 115 cm³/mol. The maximum atomic E-state index is 12.5. The molecule has 2 aromatic carbocycles. The minimum atomic E-state index is -4.35. The molecule has 2 aromatic rings. The Morgan fingerprint density at radius 3 is 2.34 bits per heavy atom. The Labute approximate surface area is 185 Å². The number of hydrogen-bond donors (Lipinski definition) is 2. The second kappa shape index (κ2) is 11.1. The predicted octanol–water partition coefficient (Wildman–Crippen LogP) is 5.21. The molecule has 0 aromatic heterocycles. The van der Waals surface area contributed by atoms with E-state index in [0.29, 0.717) is 16.8 Å². The molecule has 0 bridgehead atoms. The van der Waals surface area contributed by atoms with E-state index in [-0.39, 0.29) is 30.9 Å². The van der Waals surface area contributed by atoms with Crippen LogP contribution in [0.15, 0.2) is 48.5 Å². The highest BCUT2D eigenvalue weighted by Gasteiger charge is 2.27. The Bertz CT molecular complexity index is 907. The SMILES string of the molecule is O=C(NCc1ccc(COCC(F)(F)F)cc1)c1cccc(NC(=O)C2CCCCC2)c1. The van der Waals surface area contributed by atoms with Crippen LogP contribution in [0.2, 0.25) is 0 Å². The van der Waals surface area contributed by atoms with Crippen molar-refractivity contribution < 1.29 is 27.5 Å². The smallest absolute Gasteiger partial charge is 0.367 e. The number of carbonyl (C=O) groups is 2. The van der Waals surface area contributed by atoms with Gasteiger partial charge in [0.05, 0.1) is 6.61 Å². The normalized spacial score (nSPS) is 14.7. The molecule has 2 amide bonds. The quantitative estimate of drug-likeness (QED) is 0.582. The fraction of sp³-hybridized carbons (Fsp3) is 0.417. The van der Waals surface area contributed by atoms with Crippen LogP contribution < -0.4 is 10.6 Å². The van der Waals surface area contributed by atoms with Gasteiger partial charge in [0.2, 0.25) is 5.91 Å². The standard InChI is InChI=1S/C24H27F3N2O3/c25-24(26,27)16-32-15-18-11-9-17(10-12-18)14-28-22(30)20-7-4-8-21(13-20)29-23(31)19-5-2-1-3-6-19/h4,7-13,19H,1-3,5-6,14-16H2,(H,28,30)(H,29,31). The van der Waals surface area contributed by atoms with Gasteiger partial charge in [-0.3, -0.25) is 9.59 Å². The van der Waals surface area contributed by atoms with Crippen LogP contribution in [-0.4, -0.2) is 24.6 Å². The largest absolute Gasteiger partial charge is 0.411 e. The van der Waals surface area contributed by atoms with Crippen molar-refractivity contribution >= 4 is 17.5 Å². The molecule has 32 heavy (non-hydrogen) atoms. The van der Waals surface area contributed by atoms with Gasteiger partial charge in [0, 0.05) is 23.7 Å². The van der Waals surface area contributed by atoms with Crippen molar-refractivity contribution in [1.82, 2.24) is 5.32 Å². The van der Waals surface area contributed by atoms with Gasteiger partial charge in [-0.2, -0.15) is 13.2 Å². The summed E-state index contributed by atoms with van der Waals surface area (Å²) in [5.41, 5.74) is 2.45. The summed E-state index contributed by atoms with van der Waals surface area (Å²) in [6.45, 7) is -1.16. The summed E-state index contributed by atoms with van der Waals surface area (Å²) in [4.78, 5) is 24.9. The van der Waals surface area contributed by atoms with Crippen molar-refractivity contribution in [3.05, 3.63) is 65.2 Å². The highest BCUT2D eigenvalue weighted by atomic mass is 19.4. The minimum Gasteiger partial charge on any atom is -0.367 e. The maximum Gasteiger partial charge on any atom is 0.411 e. The van der Waals surface area contributed by atoms with E-state index in [1.54, 1.807) is 48.5 Å². The first-order valence-corrected chi connectivity index (χ1v) is 10.7. The first kappa shape index (κ1) is 23.8. The zero-order chi connectivity index (χ0) is 23.0. The van der Waals surface area contributed by atoms with Crippen LogP contribution >= 0.6 is 0 Å². The molecule has 8 heteroatoms. The van der Waals surface area contributed by atoms with Crippen molar-refractivity contribution in [2.45, 2.75) is 51.4 Å². The summed E-state index contributed by atoms with van der Waals surface area (Å²) in [6.07, 6.45) is 0.775. The van der Waals surface area contributed by atoms with E-state index < -0.39 is 12.8 Å². The summed E-state index contributed by atoms with van der Waals surface area (Å²) >= 11 is 0. The number of amides is 2. The fourth-order valence-electron chi connectivity index (χ4n) is 3.67. The average Bonchev–Trinajstić information content (AvgIpc) is 2.78. The van der Waals surface area contributed by atoms with Gasteiger partial charge in [0.15, 0.2) is 0 Å². The lowest BCUT2D eigenvalue weighted by atomic mass is 9.88. The Kier molecular flexibility index (Phi) is 8.27. The third kappa shape index (κ3) is 7.67. The molecule has 0 saturated heterocycles. The molecular formula is C24H27F3N2O3. The van der Waals surface area contributed by atoms with E-state index in [1.807, 2.05) is 0 Å². The number of ether oxygens (including phenoxy) is 1. The van der Waals surface area contributed by atoms with Gasteiger partial charge in [-0.15, -0.1) is 0 Å². The van der Waals surface area contributed by atoms with Crippen molar-refractivity contribution in [1.29, 1.82) is 0 Å². The molecule has 0 spiro atoms. The lowest BCUT2D eigenvalue weighted by Gasteiger charge is -2.20. The minimum absolute atomic E-state index is 0.00145. The molecule has 172 valence electrons. The zero-order valence-corrected chi connectivity index (χ0v) is 17.7. The van der Waals surface area contributed by atoms with E-state index in [2.05, 4.69) is 15.4 Å². The number of benzene rings is 2. The molecule has 2 N–H and O–H groups in total. The number of carbonyl (C=O) groups excluding carboxylic acids is 2. The number of rotatable bonds is 8. The van der Waals surface area contributed by atoms with Crippen molar-refractivity contribution in [2.24, 2.45) is 5.92 Å². The highest BCUT2D eigenvalue weighted by Crippen LogP contribution is 2.25. The monoisotopic (exact) mass is 448 g/mol. The lowest BCUT2D eigenvalue weighted by molar-refractivity contribution is -0.176. The van der Waals surface area contributed by atoms with Crippen LogP contribution in [0.1, 0.15) is 53.6 Å². The van der Waals surface area contributed by atoms with E-state index in [0.717, 1.165) is 31.2 Å². The average molecular weight is 448 g/mol. The Hall–Kier alpha value is -2.87. The number of anilines is 1. The van der Waals surface area contributed by atoms with E-state index >= 15 is 0 Å². The second-order valence-electron chi connectivity index (χ2n) is 8.01. The number of alkyl halides is 3. The second-order valence-corrected chi connectivity index (χ2v) is 8.01. The third-order valence-electron chi connectivity index (χ3n) is 5.38. The molecule has 5 nitrogen and oxygen atoms in total. The van der Waals surface area contributed by atoms with Crippen LogP contribution in [0.5, 0.6) is 0 Å². The summed E-state index contributed by atoms with van der Waals surface area (Å²) in [5, 5.41) is 5.72. The van der Waals surface area contributed by atoms with Gasteiger partial charge >= 0.3 is 6.18 Å². The van der Waals surface area contributed by atoms with Crippen LogP contribution in [0.3, 0.4) is 0 Å². The first-order valence-electron chi connectivity index (χ1n) is 10.7. The van der Waals surface area contributed by atoms with Gasteiger partial charge in [-0.1, -0.05) is 49.6 Å². The Balaban J connectivity index is 1.48. The van der Waals surface area contributed by atoms with Gasteiger partial charge in [0.25, 0.3) is 5.91 Å². The molecule has 0 atom stereocenters. The molecule has 0 radical (unpaired) electrons. The number of nitrogens with one attached hydrogen (secondary N) is 2. The zero-order valence-electron chi connectivity index (χ0n) is 17.7. The van der Waals surface area contributed by atoms with Gasteiger partial charge in [-0.25, -0.2) is 0 Å². The summed E-state index contributed by atoms with van der Waals surface area (Å²) < 4.78 is 41.0. The van der Waals surface area contributed by atoms with Gasteiger partial charge in [0.1, 0.15) is 6.61 Å². The molecule has 0 heterocycles.